The number of aliphatic carboxylic acids is 3. The van der Waals surface area contributed by atoms with Gasteiger partial charge in [0.1, 0.15) is 26.4 Å². The number of unbranched alkanes of at least 4 members (excludes halogenated alkanes) is 3. The Balaban J connectivity index is 2.27. The van der Waals surface area contributed by atoms with Gasteiger partial charge in [-0.05, 0) is 64.8 Å². The first-order valence-corrected chi connectivity index (χ1v) is 36.3. The number of carbonyl (C=O) groups excluding carboxylic acids is 10. The molecule has 604 valence electrons. The van der Waals surface area contributed by atoms with Gasteiger partial charge < -0.3 is 113 Å². The molecule has 0 aliphatic carbocycles. The van der Waals surface area contributed by atoms with Crippen LogP contribution in [-0.4, -0.2) is 343 Å². The first-order valence-electron chi connectivity index (χ1n) is 36.3. The van der Waals surface area contributed by atoms with Gasteiger partial charge in [0.05, 0.1) is 111 Å². The van der Waals surface area contributed by atoms with Crippen LogP contribution >= 0.6 is 0 Å². The van der Waals surface area contributed by atoms with Crippen molar-refractivity contribution < 1.29 is 116 Å². The zero-order chi connectivity index (χ0) is 77.5. The van der Waals surface area contributed by atoms with Gasteiger partial charge >= 0.3 is 17.9 Å². The highest BCUT2D eigenvalue weighted by Crippen LogP contribution is 2.15. The Morgan fingerprint density at radius 2 is 0.819 bits per heavy atom. The van der Waals surface area contributed by atoms with Gasteiger partial charge in [-0.1, -0.05) is 19.8 Å². The lowest BCUT2D eigenvalue weighted by atomic mass is 9.95. The summed E-state index contributed by atoms with van der Waals surface area (Å²) in [5, 5.41) is 53.6. The van der Waals surface area contributed by atoms with Gasteiger partial charge in [0, 0.05) is 129 Å². The maximum atomic E-state index is 13.3. The van der Waals surface area contributed by atoms with Crippen molar-refractivity contribution in [3.05, 3.63) is 0 Å². The van der Waals surface area contributed by atoms with Gasteiger partial charge in [0.2, 0.25) is 53.2 Å². The predicted octanol–water partition coefficient (Wildman–Crippen LogP) is -4.70. The van der Waals surface area contributed by atoms with E-state index in [0.29, 0.717) is 90.5 Å². The summed E-state index contributed by atoms with van der Waals surface area (Å²) in [5.74, 6) is -7.18. The fraction of sp³-hybridized carbons (Fsp3) is 0.806. The number of carboxylic acid groups (broad SMARTS) is 3. The Morgan fingerprint density at radius 3 is 1.28 bits per heavy atom. The third-order valence-electron chi connectivity index (χ3n) is 16.1. The van der Waals surface area contributed by atoms with Crippen LogP contribution in [0.1, 0.15) is 103 Å². The van der Waals surface area contributed by atoms with E-state index in [0.717, 1.165) is 12.8 Å². The molecule has 9 amide bonds. The molecule has 1 aliphatic heterocycles. The van der Waals surface area contributed by atoms with E-state index in [4.69, 9.17) is 49.4 Å². The predicted molar refractivity (Wildman–Crippen MR) is 380 cm³/mol. The third-order valence-corrected chi connectivity index (χ3v) is 16.1. The summed E-state index contributed by atoms with van der Waals surface area (Å²) in [4.78, 5) is 163. The average Bonchev–Trinajstić information content (AvgIpc) is 0.913. The minimum absolute atomic E-state index is 0.0662. The lowest BCUT2D eigenvalue weighted by Gasteiger charge is -2.32. The van der Waals surface area contributed by atoms with Crippen molar-refractivity contribution in [3.8, 4) is 0 Å². The van der Waals surface area contributed by atoms with Crippen molar-refractivity contribution in [3.63, 3.8) is 0 Å². The summed E-state index contributed by atoms with van der Waals surface area (Å²) < 4.78 is 43.4. The number of ether oxygens (including phenoxy) is 8. The lowest BCUT2D eigenvalue weighted by molar-refractivity contribution is -0.139. The quantitative estimate of drug-likeness (QED) is 0.0254. The van der Waals surface area contributed by atoms with Gasteiger partial charge in [-0.2, -0.15) is 0 Å². The number of hydrogen-bond donors (Lipinski definition) is 14. The fourth-order valence-corrected chi connectivity index (χ4v) is 10.4. The number of carboxylic acids is 3. The molecule has 1 heterocycles. The second kappa shape index (κ2) is 64.0. The molecule has 0 aromatic heterocycles. The number of ketones is 1. The monoisotopic (exact) mass is 1510 g/mol. The maximum Gasteiger partial charge on any atom is 0.317 e. The molecule has 0 aromatic carbocycles. The van der Waals surface area contributed by atoms with Crippen LogP contribution in [0, 0.1) is 11.8 Å². The molecule has 38 heteroatoms. The number of primary amides is 2. The van der Waals surface area contributed by atoms with Crippen molar-refractivity contribution in [2.45, 2.75) is 115 Å². The number of amides is 9. The fourth-order valence-electron chi connectivity index (χ4n) is 10.4. The van der Waals surface area contributed by atoms with Crippen molar-refractivity contribution in [2.24, 2.45) is 23.3 Å². The summed E-state index contributed by atoms with van der Waals surface area (Å²) in [6.45, 7) is 6.12. The molecule has 1 aliphatic rings. The van der Waals surface area contributed by atoms with E-state index in [-0.39, 0.29) is 263 Å². The first kappa shape index (κ1) is 95.8. The Kier molecular flexibility index (Phi) is 58.4. The van der Waals surface area contributed by atoms with E-state index in [9.17, 15) is 77.6 Å². The molecule has 4 atom stereocenters. The van der Waals surface area contributed by atoms with Crippen LogP contribution in [0.5, 0.6) is 0 Å². The van der Waals surface area contributed by atoms with Crippen LogP contribution in [0.4, 0.5) is 0 Å². The number of likely N-dealkylation sites (N-methyl/N-ethyl adjacent to an activating group) is 1. The molecule has 1 saturated heterocycles. The first-order chi connectivity index (χ1) is 50.5. The molecule has 1 fully saturated rings. The summed E-state index contributed by atoms with van der Waals surface area (Å²) in [6, 6.07) is -1.08. The zero-order valence-corrected chi connectivity index (χ0v) is 61.7. The molecule has 1 rings (SSSR count). The summed E-state index contributed by atoms with van der Waals surface area (Å²) in [5.41, 5.74) is 10.8. The molecule has 38 nitrogen and oxygen atoms in total. The van der Waals surface area contributed by atoms with E-state index in [1.165, 1.54) is 0 Å². The Bertz CT molecular complexity index is 2500. The summed E-state index contributed by atoms with van der Waals surface area (Å²) in [7, 11) is 1.64. The van der Waals surface area contributed by atoms with Gasteiger partial charge in [0.25, 0.3) is 0 Å². The van der Waals surface area contributed by atoms with E-state index >= 15 is 0 Å². The topological polar surface area (TPSA) is 526 Å². The van der Waals surface area contributed by atoms with E-state index in [1.54, 1.807) is 21.7 Å². The number of carbonyl (C=O) groups is 13. The van der Waals surface area contributed by atoms with Gasteiger partial charge in [0.15, 0.2) is 5.78 Å². The molecule has 105 heavy (non-hydrogen) atoms. The van der Waals surface area contributed by atoms with Crippen LogP contribution in [0.2, 0.25) is 0 Å². The third kappa shape index (κ3) is 57.7. The second-order valence-electron chi connectivity index (χ2n) is 24.9. The maximum absolute atomic E-state index is 13.3. The highest BCUT2D eigenvalue weighted by atomic mass is 16.5. The van der Waals surface area contributed by atoms with Crippen LogP contribution in [0.3, 0.4) is 0 Å². The minimum atomic E-state index is -1.09. The molecule has 0 radical (unpaired) electrons. The normalized spacial score (nSPS) is 14.8. The number of rotatable bonds is 66. The van der Waals surface area contributed by atoms with Crippen LogP contribution in [-0.2, 0) is 100 Å². The Labute approximate surface area is 615 Å². The Morgan fingerprint density at radius 1 is 0.419 bits per heavy atom. The molecule has 1 unspecified atom stereocenters. The average molecular weight is 1510 g/mol. The highest BCUT2D eigenvalue weighted by molar-refractivity contribution is 5.87. The highest BCUT2D eigenvalue weighted by Gasteiger charge is 2.25. The second-order valence-corrected chi connectivity index (χ2v) is 24.9. The molecule has 16 N–H and O–H groups in total. The molecular weight excluding hydrogens is 1380 g/mol. The van der Waals surface area contributed by atoms with E-state index in [1.807, 2.05) is 6.92 Å². The standard InChI is InChI=1S/C67H122N14O24/c1-3-51(65(68)95)11-4-7-17-73-59(86)48-103-38-36-101-32-23-77-61(88)49-104-39-34-98-29-20-74-57(84)15-10-14-56(83)72-16-8-5-12-52(67(97)78-18-9-6-13-55(70-2)66(69)96)41-54(82)47-102-37-33-100-31-22-76-60(87)50-105-40-35-99-30-21-75-58(85)44-80-26-25-79(45-63(91)92)24-19-71-53(42-62(89)90)43-81(28-27-80)46-64(93)94/h51-53,55,70-71H,3-50H2,1-2H3,(H2,68,95)(H2,69,96)(H,72,83)(H,73,86)(H,74,84)(H,75,85)(H,76,87)(H,77,88)(H,78,97)(H,89,90)(H,91,92)(H,93,94)/t51-,52+,53?,55-/m0/s1. The van der Waals surface area contributed by atoms with Crippen molar-refractivity contribution in [1.29, 1.82) is 0 Å². The Hall–Kier alpha value is -7.21. The molecule has 0 bridgehead atoms. The zero-order valence-electron chi connectivity index (χ0n) is 61.7. The largest absolute Gasteiger partial charge is 0.481 e. The smallest absolute Gasteiger partial charge is 0.317 e. The van der Waals surface area contributed by atoms with Gasteiger partial charge in [-0.3, -0.25) is 77.0 Å². The SMILES string of the molecule is CC[C@@H](CCCCNC(=O)COCCOCCNC(=O)COCCOCCNC(=O)CCCC(=O)NCCCC[C@H](CC(=O)COCCOCCNC(=O)COCCOCCNC(=O)CN1CCN(CC(=O)O)CCNC(CC(=O)O)CN(CC(=O)O)CC1)C(=O)NCCCC[C@H](NC)C(N)=O)C(N)=O. The lowest BCUT2D eigenvalue weighted by Crippen LogP contribution is -2.51. The molecule has 0 spiro atoms. The number of nitrogens with zero attached hydrogens (tertiary/aromatic N) is 3. The van der Waals surface area contributed by atoms with Crippen molar-refractivity contribution in [1.82, 2.24) is 62.6 Å². The molecule has 0 aromatic rings. The van der Waals surface area contributed by atoms with Crippen molar-refractivity contribution in [2.75, 3.05) is 224 Å². The molecular formula is C67H122N14O24. The van der Waals surface area contributed by atoms with E-state index in [2.05, 4.69) is 47.9 Å². The van der Waals surface area contributed by atoms with Crippen LogP contribution in [0.15, 0.2) is 0 Å². The number of nitrogens with two attached hydrogens (primary N) is 2. The number of nitrogens with one attached hydrogen (secondary N) is 9. The van der Waals surface area contributed by atoms with Crippen LogP contribution in [0.25, 0.3) is 0 Å². The number of hydrogen-bond acceptors (Lipinski definition) is 26. The summed E-state index contributed by atoms with van der Waals surface area (Å²) >= 11 is 0. The molecule has 0 saturated carbocycles. The van der Waals surface area contributed by atoms with Gasteiger partial charge in [-0.25, -0.2) is 0 Å². The summed E-state index contributed by atoms with van der Waals surface area (Å²) in [6.07, 6.45) is 6.23. The number of Topliss-reactive ketones (excluding diaryl/α,β-unsaturated/α-hetero) is 1. The van der Waals surface area contributed by atoms with Crippen molar-refractivity contribution >= 4 is 76.9 Å². The van der Waals surface area contributed by atoms with Gasteiger partial charge in [-0.15, -0.1) is 0 Å². The van der Waals surface area contributed by atoms with E-state index < -0.39 is 47.7 Å². The van der Waals surface area contributed by atoms with Crippen LogP contribution < -0.4 is 59.3 Å². The minimum Gasteiger partial charge on any atom is -0.481 e.